The number of primary amides is 1. The molecular formula is C15H16N2O3. The van der Waals surface area contributed by atoms with Crippen LogP contribution in [-0.4, -0.2) is 27.7 Å². The van der Waals surface area contributed by atoms with Gasteiger partial charge in [0, 0.05) is 12.4 Å². The van der Waals surface area contributed by atoms with Crippen LogP contribution in [0.5, 0.6) is 0 Å². The van der Waals surface area contributed by atoms with Crippen LogP contribution in [0.15, 0.2) is 54.9 Å². The third-order valence-corrected chi connectivity index (χ3v) is 3.29. The van der Waals surface area contributed by atoms with Gasteiger partial charge >= 0.3 is 0 Å². The number of nitrogens with two attached hydrogens (primary N) is 1. The van der Waals surface area contributed by atoms with E-state index >= 15 is 0 Å². The number of rotatable bonds is 5. The van der Waals surface area contributed by atoms with Crippen LogP contribution in [0.4, 0.5) is 0 Å². The minimum absolute atomic E-state index is 0.426. The largest absolute Gasteiger partial charge is 0.393 e. The fourth-order valence-corrected chi connectivity index (χ4v) is 2.30. The maximum atomic E-state index is 11.8. The minimum Gasteiger partial charge on any atom is -0.393 e. The number of nitrogens with zero attached hydrogens (tertiary/aromatic N) is 1. The predicted octanol–water partition coefficient (Wildman–Crippen LogP) is 0.531. The number of aliphatic hydroxyl groups excluding tert-OH is 1. The topological polar surface area (TPSA) is 96.4 Å². The highest BCUT2D eigenvalue weighted by atomic mass is 16.3. The predicted molar refractivity (Wildman–Crippen MR) is 73.6 cm³/mol. The number of carbonyl (C=O) groups is 1. The highest BCUT2D eigenvalue weighted by Crippen LogP contribution is 2.36. The molecule has 0 aliphatic rings. The van der Waals surface area contributed by atoms with E-state index in [-0.39, 0.29) is 0 Å². The molecular weight excluding hydrogens is 256 g/mol. The van der Waals surface area contributed by atoms with Gasteiger partial charge in [0.05, 0.1) is 12.5 Å². The lowest BCUT2D eigenvalue weighted by Crippen LogP contribution is -2.44. The van der Waals surface area contributed by atoms with E-state index in [0.29, 0.717) is 11.1 Å². The molecule has 2 unspecified atom stereocenters. The van der Waals surface area contributed by atoms with Gasteiger partial charge < -0.3 is 15.9 Å². The maximum absolute atomic E-state index is 11.8. The van der Waals surface area contributed by atoms with Gasteiger partial charge in [0.1, 0.15) is 5.60 Å². The first-order valence-electron chi connectivity index (χ1n) is 6.17. The molecule has 5 nitrogen and oxygen atoms in total. The third kappa shape index (κ3) is 2.54. The molecule has 4 N–H and O–H groups in total. The Hall–Kier alpha value is -2.24. The van der Waals surface area contributed by atoms with Crippen LogP contribution in [0.25, 0.3) is 0 Å². The number of aliphatic hydroxyl groups is 2. The Morgan fingerprint density at radius 3 is 2.45 bits per heavy atom. The zero-order valence-corrected chi connectivity index (χ0v) is 10.8. The fourth-order valence-electron chi connectivity index (χ4n) is 2.30. The lowest BCUT2D eigenvalue weighted by molar-refractivity contribution is -0.129. The van der Waals surface area contributed by atoms with E-state index in [4.69, 9.17) is 5.73 Å². The Balaban J connectivity index is 2.54. The van der Waals surface area contributed by atoms with Crippen LogP contribution < -0.4 is 5.73 Å². The van der Waals surface area contributed by atoms with Crippen molar-refractivity contribution >= 4 is 5.91 Å². The second kappa shape index (κ2) is 5.81. The van der Waals surface area contributed by atoms with Crippen LogP contribution >= 0.6 is 0 Å². The van der Waals surface area contributed by atoms with Crippen molar-refractivity contribution in [3.05, 3.63) is 66.0 Å². The summed E-state index contributed by atoms with van der Waals surface area (Å²) in [6.07, 6.45) is 3.01. The SMILES string of the molecule is NC(=O)C(c1cccnc1)C(O)(CO)c1ccccc1. The quantitative estimate of drug-likeness (QED) is 0.739. The summed E-state index contributed by atoms with van der Waals surface area (Å²) in [6, 6.07) is 11.8. The molecule has 1 aromatic carbocycles. The van der Waals surface area contributed by atoms with E-state index in [2.05, 4.69) is 4.98 Å². The third-order valence-electron chi connectivity index (χ3n) is 3.29. The summed E-state index contributed by atoms with van der Waals surface area (Å²) in [5, 5.41) is 20.4. The summed E-state index contributed by atoms with van der Waals surface area (Å²) in [5.41, 5.74) is 4.53. The summed E-state index contributed by atoms with van der Waals surface area (Å²) < 4.78 is 0. The van der Waals surface area contributed by atoms with Crippen molar-refractivity contribution < 1.29 is 15.0 Å². The van der Waals surface area contributed by atoms with Crippen molar-refractivity contribution in [3.8, 4) is 0 Å². The molecule has 1 amide bonds. The van der Waals surface area contributed by atoms with Gasteiger partial charge in [0.15, 0.2) is 0 Å². The lowest BCUT2D eigenvalue weighted by Gasteiger charge is -2.33. The molecule has 0 saturated carbocycles. The van der Waals surface area contributed by atoms with Gasteiger partial charge in [0.25, 0.3) is 0 Å². The molecule has 0 radical (unpaired) electrons. The van der Waals surface area contributed by atoms with Crippen LogP contribution in [0.2, 0.25) is 0 Å². The number of benzene rings is 1. The summed E-state index contributed by atoms with van der Waals surface area (Å²) >= 11 is 0. The van der Waals surface area contributed by atoms with Crippen molar-refractivity contribution in [2.45, 2.75) is 11.5 Å². The van der Waals surface area contributed by atoms with E-state index in [1.165, 1.54) is 6.20 Å². The fraction of sp³-hybridized carbons (Fsp3) is 0.200. The van der Waals surface area contributed by atoms with Gasteiger partial charge in [-0.15, -0.1) is 0 Å². The highest BCUT2D eigenvalue weighted by Gasteiger charge is 2.42. The van der Waals surface area contributed by atoms with Gasteiger partial charge in [0.2, 0.25) is 5.91 Å². The van der Waals surface area contributed by atoms with Gasteiger partial charge in [-0.05, 0) is 17.2 Å². The molecule has 1 heterocycles. The standard InChI is InChI=1S/C15H16N2O3/c16-14(19)13(11-5-4-8-17-9-11)15(20,10-18)12-6-2-1-3-7-12/h1-9,13,18,20H,10H2,(H2,16,19). The van der Waals surface area contributed by atoms with Gasteiger partial charge in [-0.1, -0.05) is 36.4 Å². The zero-order valence-electron chi connectivity index (χ0n) is 10.8. The first-order valence-corrected chi connectivity index (χ1v) is 6.17. The minimum atomic E-state index is -1.78. The van der Waals surface area contributed by atoms with Crippen LogP contribution in [0.1, 0.15) is 17.0 Å². The molecule has 20 heavy (non-hydrogen) atoms. The lowest BCUT2D eigenvalue weighted by atomic mass is 9.78. The Labute approximate surface area is 116 Å². The van der Waals surface area contributed by atoms with E-state index in [0.717, 1.165) is 0 Å². The van der Waals surface area contributed by atoms with Crippen LogP contribution in [0.3, 0.4) is 0 Å². The number of amides is 1. The molecule has 0 fully saturated rings. The summed E-state index contributed by atoms with van der Waals surface area (Å²) in [5.74, 6) is -1.80. The number of carbonyl (C=O) groups excluding carboxylic acids is 1. The highest BCUT2D eigenvalue weighted by molar-refractivity contribution is 5.83. The normalized spacial score (nSPS) is 15.3. The summed E-state index contributed by atoms with van der Waals surface area (Å²) in [7, 11) is 0. The smallest absolute Gasteiger partial charge is 0.228 e. The number of aromatic nitrogens is 1. The average Bonchev–Trinajstić information content (AvgIpc) is 2.49. The maximum Gasteiger partial charge on any atom is 0.228 e. The average molecular weight is 272 g/mol. The zero-order chi connectivity index (χ0) is 14.6. The molecule has 0 aliphatic heterocycles. The van der Waals surface area contributed by atoms with E-state index in [1.54, 1.807) is 48.7 Å². The van der Waals surface area contributed by atoms with Crippen molar-refractivity contribution in [2.75, 3.05) is 6.61 Å². The number of hydrogen-bond acceptors (Lipinski definition) is 4. The van der Waals surface area contributed by atoms with Gasteiger partial charge in [-0.3, -0.25) is 9.78 Å². The molecule has 1 aromatic heterocycles. The Morgan fingerprint density at radius 2 is 1.95 bits per heavy atom. The number of pyridine rings is 1. The molecule has 0 aliphatic carbocycles. The molecule has 5 heteroatoms. The molecule has 104 valence electrons. The Bertz CT molecular complexity index is 574. The second-order valence-corrected chi connectivity index (χ2v) is 4.57. The van der Waals surface area contributed by atoms with Crippen molar-refractivity contribution in [1.29, 1.82) is 0 Å². The first kappa shape index (κ1) is 14.2. The van der Waals surface area contributed by atoms with E-state index in [1.807, 2.05) is 0 Å². The molecule has 0 saturated heterocycles. The summed E-state index contributed by atoms with van der Waals surface area (Å²) in [6.45, 7) is -0.625. The van der Waals surface area contributed by atoms with Crippen molar-refractivity contribution in [1.82, 2.24) is 4.98 Å². The van der Waals surface area contributed by atoms with Crippen molar-refractivity contribution in [3.63, 3.8) is 0 Å². The van der Waals surface area contributed by atoms with E-state index < -0.39 is 24.0 Å². The van der Waals surface area contributed by atoms with Gasteiger partial charge in [-0.25, -0.2) is 0 Å². The Morgan fingerprint density at radius 1 is 1.25 bits per heavy atom. The van der Waals surface area contributed by atoms with Crippen molar-refractivity contribution in [2.24, 2.45) is 5.73 Å². The monoisotopic (exact) mass is 272 g/mol. The summed E-state index contributed by atoms with van der Waals surface area (Å²) in [4.78, 5) is 15.7. The Kier molecular flexibility index (Phi) is 4.12. The molecule has 2 atom stereocenters. The van der Waals surface area contributed by atoms with E-state index in [9.17, 15) is 15.0 Å². The first-order chi connectivity index (χ1) is 9.59. The second-order valence-electron chi connectivity index (χ2n) is 4.57. The molecule has 0 bridgehead atoms. The van der Waals surface area contributed by atoms with Gasteiger partial charge in [-0.2, -0.15) is 0 Å². The van der Waals surface area contributed by atoms with Crippen LogP contribution in [-0.2, 0) is 10.4 Å². The molecule has 2 rings (SSSR count). The van der Waals surface area contributed by atoms with Crippen LogP contribution in [0, 0.1) is 0 Å². The number of hydrogen-bond donors (Lipinski definition) is 3. The molecule has 0 spiro atoms. The molecule has 2 aromatic rings.